The summed E-state index contributed by atoms with van der Waals surface area (Å²) in [5.41, 5.74) is 1.39. The SMILES string of the molecule is CSCC[C@@H](NC(=O)c1cccc2nccnc12)C(=O)O. The van der Waals surface area contributed by atoms with Crippen LogP contribution in [0.3, 0.4) is 0 Å². The lowest BCUT2D eigenvalue weighted by molar-refractivity contribution is -0.139. The molecular weight excluding hydrogens is 290 g/mol. The van der Waals surface area contributed by atoms with Gasteiger partial charge < -0.3 is 10.4 Å². The van der Waals surface area contributed by atoms with Crippen molar-refractivity contribution in [3.8, 4) is 0 Å². The molecule has 21 heavy (non-hydrogen) atoms. The summed E-state index contributed by atoms with van der Waals surface area (Å²) in [6.07, 6.45) is 5.31. The molecule has 0 fully saturated rings. The maximum Gasteiger partial charge on any atom is 0.326 e. The van der Waals surface area contributed by atoms with Crippen molar-refractivity contribution in [2.24, 2.45) is 0 Å². The lowest BCUT2D eigenvalue weighted by atomic mass is 10.1. The number of para-hydroxylation sites is 1. The monoisotopic (exact) mass is 305 g/mol. The van der Waals surface area contributed by atoms with Crippen LogP contribution in [-0.4, -0.2) is 45.0 Å². The zero-order chi connectivity index (χ0) is 15.2. The van der Waals surface area contributed by atoms with Gasteiger partial charge in [0.2, 0.25) is 0 Å². The van der Waals surface area contributed by atoms with Gasteiger partial charge in [0.15, 0.2) is 0 Å². The number of hydrogen-bond acceptors (Lipinski definition) is 5. The van der Waals surface area contributed by atoms with Crippen LogP contribution in [0.2, 0.25) is 0 Å². The molecule has 0 saturated heterocycles. The molecule has 2 aromatic rings. The number of thioether (sulfide) groups is 1. The Hall–Kier alpha value is -2.15. The van der Waals surface area contributed by atoms with Crippen molar-refractivity contribution in [1.82, 2.24) is 15.3 Å². The summed E-state index contributed by atoms with van der Waals surface area (Å²) in [5.74, 6) is -0.828. The molecular formula is C14H15N3O3S. The van der Waals surface area contributed by atoms with Gasteiger partial charge in [0.1, 0.15) is 11.6 Å². The van der Waals surface area contributed by atoms with Gasteiger partial charge in [-0.25, -0.2) is 4.79 Å². The Morgan fingerprint density at radius 2 is 2.10 bits per heavy atom. The fraction of sp³-hybridized carbons (Fsp3) is 0.286. The van der Waals surface area contributed by atoms with Crippen LogP contribution >= 0.6 is 11.8 Å². The van der Waals surface area contributed by atoms with Crippen LogP contribution in [0, 0.1) is 0 Å². The predicted octanol–water partition coefficient (Wildman–Crippen LogP) is 1.57. The van der Waals surface area contributed by atoms with Crippen molar-refractivity contribution in [1.29, 1.82) is 0 Å². The fourth-order valence-electron chi connectivity index (χ4n) is 1.90. The number of amides is 1. The zero-order valence-electron chi connectivity index (χ0n) is 11.4. The van der Waals surface area contributed by atoms with Crippen molar-refractivity contribution >= 4 is 34.7 Å². The Kier molecular flexibility index (Phi) is 5.10. The highest BCUT2D eigenvalue weighted by Crippen LogP contribution is 2.14. The summed E-state index contributed by atoms with van der Waals surface area (Å²) in [6.45, 7) is 0. The molecule has 0 aliphatic heterocycles. The number of rotatable bonds is 6. The Morgan fingerprint density at radius 3 is 2.81 bits per heavy atom. The number of aliphatic carboxylic acids is 1. The van der Waals surface area contributed by atoms with Gasteiger partial charge >= 0.3 is 5.97 Å². The highest BCUT2D eigenvalue weighted by atomic mass is 32.2. The lowest BCUT2D eigenvalue weighted by Gasteiger charge is -2.14. The Balaban J connectivity index is 2.23. The normalized spacial score (nSPS) is 12.0. The third kappa shape index (κ3) is 3.69. The summed E-state index contributed by atoms with van der Waals surface area (Å²) in [6, 6.07) is 4.15. The second kappa shape index (κ2) is 7.03. The van der Waals surface area contributed by atoms with E-state index in [1.807, 2.05) is 6.26 Å². The first-order valence-electron chi connectivity index (χ1n) is 6.36. The number of carboxylic acids is 1. The highest BCUT2D eigenvalue weighted by Gasteiger charge is 2.21. The Morgan fingerprint density at radius 1 is 1.33 bits per heavy atom. The first-order valence-corrected chi connectivity index (χ1v) is 7.75. The average Bonchev–Trinajstić information content (AvgIpc) is 2.50. The van der Waals surface area contributed by atoms with Gasteiger partial charge in [-0.1, -0.05) is 6.07 Å². The summed E-state index contributed by atoms with van der Waals surface area (Å²) >= 11 is 1.54. The van der Waals surface area contributed by atoms with Crippen molar-refractivity contribution in [2.75, 3.05) is 12.0 Å². The quantitative estimate of drug-likeness (QED) is 0.841. The van der Waals surface area contributed by atoms with Crippen LogP contribution in [-0.2, 0) is 4.79 Å². The number of carboxylic acid groups (broad SMARTS) is 1. The van der Waals surface area contributed by atoms with Gasteiger partial charge in [-0.05, 0) is 30.6 Å². The van der Waals surface area contributed by atoms with Crippen molar-refractivity contribution in [3.63, 3.8) is 0 Å². The zero-order valence-corrected chi connectivity index (χ0v) is 12.3. The number of carbonyl (C=O) groups excluding carboxylic acids is 1. The molecule has 0 unspecified atom stereocenters. The molecule has 1 atom stereocenters. The Labute approximate surface area is 126 Å². The molecule has 2 N–H and O–H groups in total. The van der Waals surface area contributed by atoms with Crippen LogP contribution in [0.15, 0.2) is 30.6 Å². The Bertz CT molecular complexity index is 657. The van der Waals surface area contributed by atoms with E-state index in [1.165, 1.54) is 18.0 Å². The highest BCUT2D eigenvalue weighted by molar-refractivity contribution is 7.98. The molecule has 6 nitrogen and oxygen atoms in total. The van der Waals surface area contributed by atoms with Gasteiger partial charge in [-0.3, -0.25) is 14.8 Å². The number of benzene rings is 1. The van der Waals surface area contributed by atoms with Crippen molar-refractivity contribution in [2.45, 2.75) is 12.5 Å². The van der Waals surface area contributed by atoms with E-state index in [4.69, 9.17) is 5.11 Å². The molecule has 1 heterocycles. The lowest BCUT2D eigenvalue weighted by Crippen LogP contribution is -2.41. The number of fused-ring (bicyclic) bond motifs is 1. The predicted molar refractivity (Wildman–Crippen MR) is 81.4 cm³/mol. The van der Waals surface area contributed by atoms with E-state index in [0.717, 1.165) is 0 Å². The molecule has 1 aromatic carbocycles. The van der Waals surface area contributed by atoms with Crippen LogP contribution in [0.25, 0.3) is 11.0 Å². The molecule has 1 amide bonds. The first kappa shape index (κ1) is 15.2. The van der Waals surface area contributed by atoms with Crippen molar-refractivity contribution in [3.05, 3.63) is 36.2 Å². The van der Waals surface area contributed by atoms with Crippen LogP contribution in [0.4, 0.5) is 0 Å². The minimum atomic E-state index is -1.04. The minimum absolute atomic E-state index is 0.330. The van der Waals surface area contributed by atoms with Gasteiger partial charge in [0, 0.05) is 12.4 Å². The second-order valence-electron chi connectivity index (χ2n) is 4.38. The third-order valence-corrected chi connectivity index (χ3v) is 3.60. The van der Waals surface area contributed by atoms with Gasteiger partial charge in [0.05, 0.1) is 11.1 Å². The summed E-state index contributed by atoms with van der Waals surface area (Å²) in [4.78, 5) is 31.7. The number of hydrogen-bond donors (Lipinski definition) is 2. The van der Waals surface area contributed by atoms with E-state index >= 15 is 0 Å². The molecule has 0 spiro atoms. The van der Waals surface area contributed by atoms with Crippen LogP contribution < -0.4 is 5.32 Å². The molecule has 0 aliphatic rings. The van der Waals surface area contributed by atoms with Gasteiger partial charge in [-0.2, -0.15) is 11.8 Å². The van der Waals surface area contributed by atoms with Gasteiger partial charge in [-0.15, -0.1) is 0 Å². The molecule has 110 valence electrons. The summed E-state index contributed by atoms with van der Waals surface area (Å²) in [5, 5.41) is 11.7. The molecule has 0 aliphatic carbocycles. The second-order valence-corrected chi connectivity index (χ2v) is 5.36. The van der Waals surface area contributed by atoms with Crippen molar-refractivity contribution < 1.29 is 14.7 Å². The van der Waals surface area contributed by atoms with E-state index in [2.05, 4.69) is 15.3 Å². The van der Waals surface area contributed by atoms with E-state index in [0.29, 0.717) is 28.8 Å². The van der Waals surface area contributed by atoms with Crippen LogP contribution in [0.5, 0.6) is 0 Å². The topological polar surface area (TPSA) is 92.2 Å². The molecule has 1 aromatic heterocycles. The standard InChI is InChI=1S/C14H15N3O3S/c1-21-8-5-11(14(19)20)17-13(18)9-3-2-4-10-12(9)16-7-6-15-10/h2-4,6-7,11H,5,8H2,1H3,(H,17,18)(H,19,20)/t11-/m1/s1. The fourth-order valence-corrected chi connectivity index (χ4v) is 2.38. The summed E-state index contributed by atoms with van der Waals surface area (Å²) in [7, 11) is 0. The number of nitrogens with zero attached hydrogens (tertiary/aromatic N) is 2. The third-order valence-electron chi connectivity index (χ3n) is 2.96. The molecule has 0 bridgehead atoms. The summed E-state index contributed by atoms with van der Waals surface area (Å²) < 4.78 is 0. The molecule has 7 heteroatoms. The molecule has 0 radical (unpaired) electrons. The maximum absolute atomic E-state index is 12.3. The van der Waals surface area contributed by atoms with Gasteiger partial charge in [0.25, 0.3) is 5.91 Å². The number of aromatic nitrogens is 2. The largest absolute Gasteiger partial charge is 0.480 e. The first-order chi connectivity index (χ1) is 10.1. The van der Waals surface area contributed by atoms with E-state index in [1.54, 1.807) is 24.4 Å². The van der Waals surface area contributed by atoms with E-state index in [9.17, 15) is 9.59 Å². The maximum atomic E-state index is 12.3. The molecule has 2 rings (SSSR count). The van der Waals surface area contributed by atoms with Crippen LogP contribution in [0.1, 0.15) is 16.8 Å². The number of carbonyl (C=O) groups is 2. The minimum Gasteiger partial charge on any atom is -0.480 e. The van der Waals surface area contributed by atoms with E-state index < -0.39 is 17.9 Å². The smallest absolute Gasteiger partial charge is 0.326 e. The van der Waals surface area contributed by atoms with E-state index in [-0.39, 0.29) is 0 Å². The average molecular weight is 305 g/mol. The number of nitrogens with one attached hydrogen (secondary N) is 1. The molecule has 0 saturated carbocycles.